The molecule has 0 aliphatic heterocycles. The van der Waals surface area contributed by atoms with Gasteiger partial charge < -0.3 is 14.3 Å². The molecule has 0 aliphatic rings. The molecule has 0 amide bonds. The fraction of sp³-hybridized carbons (Fsp3) is 0.333. The number of carboxylic acid groups (broad SMARTS) is 1. The van der Waals surface area contributed by atoms with Crippen molar-refractivity contribution >= 4 is 22.0 Å². The molecule has 1 heterocycles. The standard InChI is InChI=1S/C9H11NO7S/c1-5(9(13)16-2)10-18(14,15)7-4-3-6(17-7)8(11)12/h3-5,10H,1-2H3,(H,11,12)/t5-/m0/s1. The summed E-state index contributed by atoms with van der Waals surface area (Å²) < 4.78 is 34.3. The number of hydrogen-bond donors (Lipinski definition) is 2. The second-order valence-electron chi connectivity index (χ2n) is 3.29. The van der Waals surface area contributed by atoms with Crippen LogP contribution in [0.2, 0.25) is 0 Å². The van der Waals surface area contributed by atoms with Gasteiger partial charge in [-0.2, -0.15) is 4.72 Å². The first kappa shape index (κ1) is 14.2. The molecule has 100 valence electrons. The molecular weight excluding hydrogens is 266 g/mol. The summed E-state index contributed by atoms with van der Waals surface area (Å²) in [6.45, 7) is 1.28. The zero-order valence-corrected chi connectivity index (χ0v) is 10.4. The first-order valence-electron chi connectivity index (χ1n) is 4.71. The van der Waals surface area contributed by atoms with Gasteiger partial charge in [0.2, 0.25) is 10.9 Å². The predicted molar refractivity (Wildman–Crippen MR) is 57.5 cm³/mol. The van der Waals surface area contributed by atoms with Crippen molar-refractivity contribution < 1.29 is 32.3 Å². The number of ether oxygens (including phenoxy) is 1. The fourth-order valence-corrected chi connectivity index (χ4v) is 2.22. The van der Waals surface area contributed by atoms with Gasteiger partial charge in [-0.25, -0.2) is 13.2 Å². The number of carbonyl (C=O) groups is 2. The molecule has 1 rings (SSSR count). The van der Waals surface area contributed by atoms with E-state index in [1.807, 2.05) is 4.72 Å². The molecule has 0 aromatic carbocycles. The van der Waals surface area contributed by atoms with Crippen LogP contribution >= 0.6 is 0 Å². The van der Waals surface area contributed by atoms with Gasteiger partial charge in [-0.15, -0.1) is 0 Å². The van der Waals surface area contributed by atoms with Crippen molar-refractivity contribution in [1.82, 2.24) is 4.72 Å². The molecule has 0 radical (unpaired) electrons. The average Bonchev–Trinajstić information content (AvgIpc) is 2.77. The van der Waals surface area contributed by atoms with E-state index < -0.39 is 38.9 Å². The molecule has 8 nitrogen and oxygen atoms in total. The molecule has 1 aromatic heterocycles. The number of carbonyl (C=O) groups excluding carboxylic acids is 1. The number of methoxy groups -OCH3 is 1. The van der Waals surface area contributed by atoms with Gasteiger partial charge in [-0.05, 0) is 19.1 Å². The van der Waals surface area contributed by atoms with Crippen LogP contribution in [0.3, 0.4) is 0 Å². The van der Waals surface area contributed by atoms with Crippen LogP contribution in [0.4, 0.5) is 0 Å². The smallest absolute Gasteiger partial charge is 0.371 e. The number of hydrogen-bond acceptors (Lipinski definition) is 6. The highest BCUT2D eigenvalue weighted by atomic mass is 32.2. The van der Waals surface area contributed by atoms with Crippen LogP contribution in [0.1, 0.15) is 17.5 Å². The van der Waals surface area contributed by atoms with Gasteiger partial charge in [0.05, 0.1) is 7.11 Å². The third kappa shape index (κ3) is 3.08. The van der Waals surface area contributed by atoms with Gasteiger partial charge in [0.15, 0.2) is 0 Å². The highest BCUT2D eigenvalue weighted by Crippen LogP contribution is 2.14. The van der Waals surface area contributed by atoms with Gasteiger partial charge in [-0.3, -0.25) is 4.79 Å². The van der Waals surface area contributed by atoms with Crippen LogP contribution < -0.4 is 4.72 Å². The van der Waals surface area contributed by atoms with Crippen LogP contribution in [0, 0.1) is 0 Å². The summed E-state index contributed by atoms with van der Waals surface area (Å²) in [6.07, 6.45) is 0. The van der Waals surface area contributed by atoms with E-state index in [4.69, 9.17) is 5.11 Å². The molecular formula is C9H11NO7S. The van der Waals surface area contributed by atoms with Gasteiger partial charge in [0.25, 0.3) is 10.0 Å². The Hall–Kier alpha value is -1.87. The lowest BCUT2D eigenvalue weighted by Crippen LogP contribution is -2.38. The zero-order chi connectivity index (χ0) is 13.9. The van der Waals surface area contributed by atoms with Crippen LogP contribution in [0.25, 0.3) is 0 Å². The van der Waals surface area contributed by atoms with Crippen molar-refractivity contribution in [3.63, 3.8) is 0 Å². The Bertz CT molecular complexity index is 559. The quantitative estimate of drug-likeness (QED) is 0.715. The van der Waals surface area contributed by atoms with Gasteiger partial charge >= 0.3 is 11.9 Å². The summed E-state index contributed by atoms with van der Waals surface area (Å²) >= 11 is 0. The Morgan fingerprint density at radius 1 is 1.44 bits per heavy atom. The summed E-state index contributed by atoms with van der Waals surface area (Å²) in [5.74, 6) is -2.68. The van der Waals surface area contributed by atoms with E-state index >= 15 is 0 Å². The molecule has 0 spiro atoms. The maximum absolute atomic E-state index is 11.7. The summed E-state index contributed by atoms with van der Waals surface area (Å²) in [4.78, 5) is 21.6. The van der Waals surface area contributed by atoms with E-state index in [9.17, 15) is 18.0 Å². The minimum absolute atomic E-state index is 0.513. The molecule has 0 saturated carbocycles. The number of sulfonamides is 1. The molecule has 1 aromatic rings. The number of furan rings is 1. The highest BCUT2D eigenvalue weighted by Gasteiger charge is 2.26. The van der Waals surface area contributed by atoms with Gasteiger partial charge in [0.1, 0.15) is 6.04 Å². The van der Waals surface area contributed by atoms with E-state index in [0.717, 1.165) is 19.2 Å². The summed E-state index contributed by atoms with van der Waals surface area (Å²) in [6, 6.07) is 0.869. The molecule has 0 unspecified atom stereocenters. The Morgan fingerprint density at radius 3 is 2.50 bits per heavy atom. The molecule has 0 saturated heterocycles. The molecule has 2 N–H and O–H groups in total. The number of nitrogens with one attached hydrogen (secondary N) is 1. The summed E-state index contributed by atoms with van der Waals surface area (Å²) in [5, 5.41) is 8.00. The normalized spacial score (nSPS) is 13.0. The number of carboxylic acids is 1. The Kier molecular flexibility index (Phi) is 4.09. The van der Waals surface area contributed by atoms with Crippen molar-refractivity contribution in [1.29, 1.82) is 0 Å². The molecule has 1 atom stereocenters. The Morgan fingerprint density at radius 2 is 2.06 bits per heavy atom. The number of rotatable bonds is 5. The topological polar surface area (TPSA) is 123 Å². The number of aromatic carboxylic acids is 1. The first-order chi connectivity index (χ1) is 8.27. The van der Waals surface area contributed by atoms with Crippen molar-refractivity contribution in [2.24, 2.45) is 0 Å². The van der Waals surface area contributed by atoms with Gasteiger partial charge in [-0.1, -0.05) is 0 Å². The molecule has 0 fully saturated rings. The van der Waals surface area contributed by atoms with Crippen LogP contribution in [-0.4, -0.2) is 38.6 Å². The van der Waals surface area contributed by atoms with Crippen molar-refractivity contribution in [3.8, 4) is 0 Å². The lowest BCUT2D eigenvalue weighted by Gasteiger charge is -2.10. The minimum atomic E-state index is -4.11. The lowest BCUT2D eigenvalue weighted by atomic mass is 10.4. The van der Waals surface area contributed by atoms with Crippen molar-refractivity contribution in [2.75, 3.05) is 7.11 Å². The predicted octanol–water partition coefficient (Wildman–Crippen LogP) is -0.182. The fourth-order valence-electron chi connectivity index (χ4n) is 1.10. The summed E-state index contributed by atoms with van der Waals surface area (Å²) in [5.41, 5.74) is 0. The van der Waals surface area contributed by atoms with Gasteiger partial charge in [0, 0.05) is 0 Å². The third-order valence-corrected chi connectivity index (χ3v) is 3.36. The average molecular weight is 277 g/mol. The Balaban J connectivity index is 2.92. The van der Waals surface area contributed by atoms with Crippen molar-refractivity contribution in [2.45, 2.75) is 18.1 Å². The SMILES string of the molecule is COC(=O)[C@H](C)NS(=O)(=O)c1ccc(C(=O)O)o1. The van der Waals surface area contributed by atoms with E-state index in [0.29, 0.717) is 0 Å². The first-order valence-corrected chi connectivity index (χ1v) is 6.19. The zero-order valence-electron chi connectivity index (χ0n) is 9.54. The molecule has 0 aliphatic carbocycles. The summed E-state index contributed by atoms with van der Waals surface area (Å²) in [7, 11) is -2.99. The second kappa shape index (κ2) is 5.19. The monoisotopic (exact) mass is 277 g/mol. The maximum atomic E-state index is 11.7. The molecule has 18 heavy (non-hydrogen) atoms. The maximum Gasteiger partial charge on any atom is 0.371 e. The number of esters is 1. The van der Waals surface area contributed by atoms with E-state index in [1.54, 1.807) is 0 Å². The Labute approximate surface area is 103 Å². The van der Waals surface area contributed by atoms with E-state index in [1.165, 1.54) is 6.92 Å². The molecule has 9 heteroatoms. The van der Waals surface area contributed by atoms with Crippen LogP contribution in [-0.2, 0) is 19.6 Å². The molecule has 0 bridgehead atoms. The van der Waals surface area contributed by atoms with E-state index in [2.05, 4.69) is 9.15 Å². The second-order valence-corrected chi connectivity index (χ2v) is 4.93. The highest BCUT2D eigenvalue weighted by molar-refractivity contribution is 7.89. The van der Waals surface area contributed by atoms with Crippen LogP contribution in [0.15, 0.2) is 21.6 Å². The largest absolute Gasteiger partial charge is 0.475 e. The van der Waals surface area contributed by atoms with Crippen LogP contribution in [0.5, 0.6) is 0 Å². The van der Waals surface area contributed by atoms with Crippen molar-refractivity contribution in [3.05, 3.63) is 17.9 Å². The minimum Gasteiger partial charge on any atom is -0.475 e. The third-order valence-electron chi connectivity index (χ3n) is 1.94. The van der Waals surface area contributed by atoms with E-state index in [-0.39, 0.29) is 0 Å². The lowest BCUT2D eigenvalue weighted by molar-refractivity contribution is -0.142.